The van der Waals surface area contributed by atoms with Crippen LogP contribution in [0.4, 0.5) is 0 Å². The highest BCUT2D eigenvalue weighted by molar-refractivity contribution is 5.79. The van der Waals surface area contributed by atoms with E-state index in [1.807, 2.05) is 18.2 Å². The van der Waals surface area contributed by atoms with Crippen LogP contribution in [0.25, 0.3) is 0 Å². The molecule has 108 valence electrons. The Hall–Kier alpha value is -1.51. The summed E-state index contributed by atoms with van der Waals surface area (Å²) >= 11 is 0. The molecular weight excluding hydrogens is 250 g/mol. The van der Waals surface area contributed by atoms with Crippen LogP contribution in [0.5, 0.6) is 5.75 Å². The maximum Gasteiger partial charge on any atom is 0.226 e. The minimum absolute atomic E-state index is 0.0338. The molecule has 1 aromatic carbocycles. The van der Waals surface area contributed by atoms with Gasteiger partial charge in [-0.1, -0.05) is 37.5 Å². The van der Waals surface area contributed by atoms with E-state index >= 15 is 0 Å². The second-order valence-corrected chi connectivity index (χ2v) is 6.07. The lowest BCUT2D eigenvalue weighted by Gasteiger charge is -2.26. The SMILES string of the molecule is O=C(NCC1CCCCC1)C1COc2ccccc2C1. The van der Waals surface area contributed by atoms with Crippen molar-refractivity contribution in [2.45, 2.75) is 38.5 Å². The molecule has 1 aromatic rings. The van der Waals surface area contributed by atoms with Crippen LogP contribution in [0.15, 0.2) is 24.3 Å². The first kappa shape index (κ1) is 13.5. The molecule has 1 heterocycles. The number of hydrogen-bond donors (Lipinski definition) is 1. The molecular formula is C17H23NO2. The number of rotatable bonds is 3. The lowest BCUT2D eigenvalue weighted by molar-refractivity contribution is -0.126. The van der Waals surface area contributed by atoms with E-state index in [-0.39, 0.29) is 11.8 Å². The fourth-order valence-electron chi connectivity index (χ4n) is 3.28. The van der Waals surface area contributed by atoms with Gasteiger partial charge in [-0.3, -0.25) is 4.79 Å². The van der Waals surface area contributed by atoms with Crippen molar-refractivity contribution >= 4 is 5.91 Å². The third-order valence-corrected chi connectivity index (χ3v) is 4.54. The quantitative estimate of drug-likeness (QED) is 0.919. The van der Waals surface area contributed by atoms with E-state index in [9.17, 15) is 4.79 Å². The fourth-order valence-corrected chi connectivity index (χ4v) is 3.28. The Labute approximate surface area is 120 Å². The maximum atomic E-state index is 12.3. The van der Waals surface area contributed by atoms with Crippen molar-refractivity contribution in [3.05, 3.63) is 29.8 Å². The molecule has 1 amide bonds. The molecule has 0 aromatic heterocycles. The van der Waals surface area contributed by atoms with Gasteiger partial charge < -0.3 is 10.1 Å². The van der Waals surface area contributed by atoms with Crippen molar-refractivity contribution in [2.24, 2.45) is 11.8 Å². The molecule has 0 bridgehead atoms. The molecule has 1 N–H and O–H groups in total. The lowest BCUT2D eigenvalue weighted by Crippen LogP contribution is -2.39. The number of hydrogen-bond acceptors (Lipinski definition) is 2. The molecule has 1 saturated carbocycles. The van der Waals surface area contributed by atoms with Gasteiger partial charge in [0.2, 0.25) is 5.91 Å². The fraction of sp³-hybridized carbons (Fsp3) is 0.588. The number of nitrogens with one attached hydrogen (secondary N) is 1. The molecule has 0 saturated heterocycles. The van der Waals surface area contributed by atoms with Gasteiger partial charge in [0, 0.05) is 6.54 Å². The van der Waals surface area contributed by atoms with Crippen LogP contribution in [0, 0.1) is 11.8 Å². The Bertz CT molecular complexity index is 466. The number of carbonyl (C=O) groups is 1. The predicted octanol–water partition coefficient (Wildman–Crippen LogP) is 2.93. The van der Waals surface area contributed by atoms with E-state index in [1.54, 1.807) is 0 Å². The summed E-state index contributed by atoms with van der Waals surface area (Å²) in [6.45, 7) is 1.35. The van der Waals surface area contributed by atoms with E-state index in [1.165, 1.54) is 32.1 Å². The largest absolute Gasteiger partial charge is 0.492 e. The zero-order valence-electron chi connectivity index (χ0n) is 11.9. The number of amides is 1. The average molecular weight is 273 g/mol. The Morgan fingerprint density at radius 1 is 1.20 bits per heavy atom. The van der Waals surface area contributed by atoms with Gasteiger partial charge in [0.15, 0.2) is 0 Å². The number of para-hydroxylation sites is 1. The summed E-state index contributed by atoms with van der Waals surface area (Å²) in [5.41, 5.74) is 1.15. The number of benzene rings is 1. The Morgan fingerprint density at radius 2 is 2.00 bits per heavy atom. The van der Waals surface area contributed by atoms with Crippen LogP contribution in [-0.2, 0) is 11.2 Å². The third kappa shape index (κ3) is 3.14. The monoisotopic (exact) mass is 273 g/mol. The molecule has 1 aliphatic carbocycles. The van der Waals surface area contributed by atoms with Gasteiger partial charge in [-0.2, -0.15) is 0 Å². The lowest BCUT2D eigenvalue weighted by atomic mass is 9.89. The molecule has 3 heteroatoms. The van der Waals surface area contributed by atoms with Crippen molar-refractivity contribution in [3.8, 4) is 5.75 Å². The van der Waals surface area contributed by atoms with E-state index < -0.39 is 0 Å². The van der Waals surface area contributed by atoms with Crippen LogP contribution in [0.3, 0.4) is 0 Å². The van der Waals surface area contributed by atoms with Gasteiger partial charge in [-0.05, 0) is 36.8 Å². The Kier molecular flexibility index (Phi) is 4.24. The van der Waals surface area contributed by atoms with E-state index in [2.05, 4.69) is 11.4 Å². The number of fused-ring (bicyclic) bond motifs is 1. The van der Waals surface area contributed by atoms with Crippen molar-refractivity contribution < 1.29 is 9.53 Å². The first-order valence-corrected chi connectivity index (χ1v) is 7.81. The molecule has 1 atom stereocenters. The van der Waals surface area contributed by atoms with Crippen LogP contribution < -0.4 is 10.1 Å². The maximum absolute atomic E-state index is 12.3. The summed E-state index contributed by atoms with van der Waals surface area (Å²) in [5.74, 6) is 1.74. The van der Waals surface area contributed by atoms with Crippen LogP contribution >= 0.6 is 0 Å². The van der Waals surface area contributed by atoms with E-state index in [0.29, 0.717) is 12.5 Å². The van der Waals surface area contributed by atoms with Gasteiger partial charge >= 0.3 is 0 Å². The third-order valence-electron chi connectivity index (χ3n) is 4.54. The summed E-state index contributed by atoms with van der Waals surface area (Å²) in [7, 11) is 0. The first-order chi connectivity index (χ1) is 9.83. The summed E-state index contributed by atoms with van der Waals surface area (Å²) in [4.78, 5) is 12.3. The second kappa shape index (κ2) is 6.29. The minimum atomic E-state index is -0.0338. The summed E-state index contributed by atoms with van der Waals surface area (Å²) in [6.07, 6.45) is 7.33. The van der Waals surface area contributed by atoms with Gasteiger partial charge in [-0.15, -0.1) is 0 Å². The second-order valence-electron chi connectivity index (χ2n) is 6.07. The van der Waals surface area contributed by atoms with Gasteiger partial charge in [0.05, 0.1) is 5.92 Å². The number of carbonyl (C=O) groups excluding carboxylic acids is 1. The van der Waals surface area contributed by atoms with Gasteiger partial charge in [-0.25, -0.2) is 0 Å². The van der Waals surface area contributed by atoms with E-state index in [0.717, 1.165) is 24.3 Å². The standard InChI is InChI=1S/C17H23NO2/c19-17(18-11-13-6-2-1-3-7-13)15-10-14-8-4-5-9-16(14)20-12-15/h4-5,8-9,13,15H,1-3,6-7,10-12H2,(H,18,19). The molecule has 1 fully saturated rings. The molecule has 0 spiro atoms. The Balaban J connectivity index is 1.51. The topological polar surface area (TPSA) is 38.3 Å². The summed E-state index contributed by atoms with van der Waals surface area (Å²) in [5, 5.41) is 3.13. The zero-order chi connectivity index (χ0) is 13.8. The molecule has 3 rings (SSSR count). The molecule has 3 nitrogen and oxygen atoms in total. The summed E-state index contributed by atoms with van der Waals surface area (Å²) < 4.78 is 5.69. The summed E-state index contributed by atoms with van der Waals surface area (Å²) in [6, 6.07) is 8.01. The van der Waals surface area contributed by atoms with Crippen LogP contribution in [0.1, 0.15) is 37.7 Å². The van der Waals surface area contributed by atoms with Gasteiger partial charge in [0.25, 0.3) is 0 Å². The van der Waals surface area contributed by atoms with Crippen LogP contribution in [0.2, 0.25) is 0 Å². The highest BCUT2D eigenvalue weighted by Crippen LogP contribution is 2.27. The molecule has 1 aliphatic heterocycles. The van der Waals surface area contributed by atoms with E-state index in [4.69, 9.17) is 4.74 Å². The predicted molar refractivity (Wildman–Crippen MR) is 78.7 cm³/mol. The van der Waals surface area contributed by atoms with Gasteiger partial charge in [0.1, 0.15) is 12.4 Å². The number of ether oxygens (including phenoxy) is 1. The zero-order valence-corrected chi connectivity index (χ0v) is 11.9. The normalized spacial score (nSPS) is 22.7. The Morgan fingerprint density at radius 3 is 2.85 bits per heavy atom. The highest BCUT2D eigenvalue weighted by Gasteiger charge is 2.26. The van der Waals surface area contributed by atoms with Crippen LogP contribution in [-0.4, -0.2) is 19.1 Å². The van der Waals surface area contributed by atoms with Crippen molar-refractivity contribution in [3.63, 3.8) is 0 Å². The van der Waals surface area contributed by atoms with Crippen molar-refractivity contribution in [1.82, 2.24) is 5.32 Å². The van der Waals surface area contributed by atoms with Crippen molar-refractivity contribution in [2.75, 3.05) is 13.2 Å². The molecule has 0 radical (unpaired) electrons. The smallest absolute Gasteiger partial charge is 0.226 e. The minimum Gasteiger partial charge on any atom is -0.492 e. The highest BCUT2D eigenvalue weighted by atomic mass is 16.5. The molecule has 1 unspecified atom stereocenters. The average Bonchev–Trinajstić information content (AvgIpc) is 2.53. The van der Waals surface area contributed by atoms with Crippen molar-refractivity contribution in [1.29, 1.82) is 0 Å². The first-order valence-electron chi connectivity index (χ1n) is 7.81. The molecule has 20 heavy (non-hydrogen) atoms. The molecule has 2 aliphatic rings.